The first-order valence-electron chi connectivity index (χ1n) is 18.3. The minimum atomic E-state index is -0.857. The maximum absolute atomic E-state index is 15.9. The van der Waals surface area contributed by atoms with Crippen LogP contribution in [0.15, 0.2) is 24.3 Å². The summed E-state index contributed by atoms with van der Waals surface area (Å²) in [7, 11) is 0. The first kappa shape index (κ1) is 33.0. The molecule has 0 heterocycles. The highest BCUT2D eigenvalue weighted by Gasteiger charge is 2.46. The molecule has 0 unspecified atom stereocenters. The summed E-state index contributed by atoms with van der Waals surface area (Å²) >= 11 is 0. The molecule has 4 aliphatic rings. The lowest BCUT2D eigenvalue weighted by Gasteiger charge is -2.47. The lowest BCUT2D eigenvalue weighted by Crippen LogP contribution is -2.40. The van der Waals surface area contributed by atoms with Gasteiger partial charge >= 0.3 is 0 Å². The third-order valence-electron chi connectivity index (χ3n) is 13.0. The monoisotopic (exact) mass is 626 g/mol. The van der Waals surface area contributed by atoms with Crippen LogP contribution >= 0.6 is 0 Å². The number of ether oxygens (including phenoxy) is 1. The first-order chi connectivity index (χ1) is 21.7. The molecule has 0 radical (unpaired) electrons. The Balaban J connectivity index is 1.17. The van der Waals surface area contributed by atoms with E-state index in [9.17, 15) is 0 Å². The normalized spacial score (nSPS) is 28.6. The van der Waals surface area contributed by atoms with Crippen molar-refractivity contribution in [3.05, 3.63) is 69.8 Å². The molecule has 45 heavy (non-hydrogen) atoms. The highest BCUT2D eigenvalue weighted by molar-refractivity contribution is 5.35. The van der Waals surface area contributed by atoms with Crippen LogP contribution in [0.5, 0.6) is 0 Å². The zero-order valence-electron chi connectivity index (χ0n) is 27.7. The molecule has 248 valence electrons. The van der Waals surface area contributed by atoms with Crippen molar-refractivity contribution in [1.29, 1.82) is 0 Å². The van der Waals surface area contributed by atoms with Gasteiger partial charge in [0.05, 0.1) is 13.2 Å². The average Bonchev–Trinajstić information content (AvgIpc) is 3.06. The molecule has 6 rings (SSSR count). The molecule has 0 saturated heterocycles. The second kappa shape index (κ2) is 14.1. The van der Waals surface area contributed by atoms with Crippen LogP contribution in [0.1, 0.15) is 152 Å². The van der Waals surface area contributed by atoms with Gasteiger partial charge in [0.2, 0.25) is 0 Å². The van der Waals surface area contributed by atoms with Gasteiger partial charge in [-0.1, -0.05) is 102 Å². The summed E-state index contributed by atoms with van der Waals surface area (Å²) in [6.45, 7) is 4.20. The Bertz CT molecular complexity index is 1190. The lowest BCUT2D eigenvalue weighted by molar-refractivity contribution is 0.0999. The molecule has 5 heteroatoms. The highest BCUT2D eigenvalue weighted by atomic mass is 19.2. The first-order valence-corrected chi connectivity index (χ1v) is 18.3. The van der Waals surface area contributed by atoms with Gasteiger partial charge in [0, 0.05) is 22.0 Å². The molecule has 0 spiro atoms. The van der Waals surface area contributed by atoms with Crippen molar-refractivity contribution in [3.63, 3.8) is 0 Å². The Kier molecular flexibility index (Phi) is 10.3. The van der Waals surface area contributed by atoms with Crippen molar-refractivity contribution in [2.45, 2.75) is 153 Å². The van der Waals surface area contributed by atoms with Crippen LogP contribution in [-0.4, -0.2) is 0 Å². The second-order valence-corrected chi connectivity index (χ2v) is 15.6. The van der Waals surface area contributed by atoms with E-state index in [1.165, 1.54) is 0 Å². The summed E-state index contributed by atoms with van der Waals surface area (Å²) in [4.78, 5) is 0. The maximum atomic E-state index is 15.9. The van der Waals surface area contributed by atoms with Gasteiger partial charge in [-0.2, -0.15) is 0 Å². The van der Waals surface area contributed by atoms with Crippen LogP contribution in [0.2, 0.25) is 0 Å². The van der Waals surface area contributed by atoms with Crippen molar-refractivity contribution in [3.8, 4) is 0 Å². The van der Waals surface area contributed by atoms with Crippen LogP contribution < -0.4 is 0 Å². The zero-order valence-corrected chi connectivity index (χ0v) is 27.7. The Hall–Kier alpha value is -1.88. The summed E-state index contributed by atoms with van der Waals surface area (Å²) in [5.74, 6) is -1.02. The van der Waals surface area contributed by atoms with E-state index in [-0.39, 0.29) is 35.2 Å². The van der Waals surface area contributed by atoms with Crippen molar-refractivity contribution < 1.29 is 22.3 Å². The Morgan fingerprint density at radius 3 is 1.22 bits per heavy atom. The topological polar surface area (TPSA) is 9.23 Å². The van der Waals surface area contributed by atoms with Gasteiger partial charge in [-0.05, 0) is 86.2 Å². The quantitative estimate of drug-likeness (QED) is 0.265. The largest absolute Gasteiger partial charge is 0.372 e. The molecular formula is C40H54F4O. The Morgan fingerprint density at radius 2 is 0.867 bits per heavy atom. The smallest absolute Gasteiger partial charge is 0.164 e. The molecule has 0 aromatic heterocycles. The fourth-order valence-electron chi connectivity index (χ4n) is 10.2. The van der Waals surface area contributed by atoms with Crippen LogP contribution in [0.25, 0.3) is 0 Å². The van der Waals surface area contributed by atoms with Gasteiger partial charge in [-0.3, -0.25) is 0 Å². The van der Waals surface area contributed by atoms with Crippen molar-refractivity contribution >= 4 is 0 Å². The average molecular weight is 627 g/mol. The van der Waals surface area contributed by atoms with Crippen LogP contribution in [0.3, 0.4) is 0 Å². The van der Waals surface area contributed by atoms with E-state index >= 15 is 17.6 Å². The van der Waals surface area contributed by atoms with Gasteiger partial charge in [-0.25, -0.2) is 17.6 Å². The fraction of sp³-hybridized carbons (Fsp3) is 0.700. The third kappa shape index (κ3) is 6.50. The maximum Gasteiger partial charge on any atom is 0.164 e. The van der Waals surface area contributed by atoms with E-state index < -0.39 is 23.3 Å². The summed E-state index contributed by atoms with van der Waals surface area (Å²) in [6, 6.07) is 6.91. The van der Waals surface area contributed by atoms with Gasteiger partial charge in [0.15, 0.2) is 23.3 Å². The minimum Gasteiger partial charge on any atom is -0.372 e. The second-order valence-electron chi connectivity index (χ2n) is 15.6. The molecule has 0 aliphatic heterocycles. The highest BCUT2D eigenvalue weighted by Crippen LogP contribution is 2.53. The molecule has 0 amide bonds. The summed E-state index contributed by atoms with van der Waals surface area (Å²) in [6.07, 6.45) is 19.1. The van der Waals surface area contributed by atoms with Gasteiger partial charge in [-0.15, -0.1) is 0 Å². The van der Waals surface area contributed by atoms with Crippen LogP contribution in [-0.2, 0) is 28.8 Å². The van der Waals surface area contributed by atoms with E-state index in [1.807, 2.05) is 0 Å². The molecule has 4 fully saturated rings. The standard InChI is InChI=1S/C40H54F4O/c1-27-9-15-31(16-10-27)39(21-5-3-6-22-39)33-19-13-29(35(41)37(33)43)25-45-26-30-14-20-34(38(44)36(30)42)40(23-7-4-8-24-40)32-17-11-28(2)12-18-32/h13-14,19-20,27-28,31-32H,3-12,15-18,21-26H2,1-2H3/t27-,28-,31-,32-. The van der Waals surface area contributed by atoms with Crippen molar-refractivity contribution in [2.24, 2.45) is 23.7 Å². The minimum absolute atomic E-state index is 0.129. The molecule has 0 bridgehead atoms. The molecule has 4 saturated carbocycles. The zero-order chi connectivity index (χ0) is 31.6. The SMILES string of the molecule is C[C@H]1CC[C@H](C2(c3ccc(COCc4ccc(C5([C@H]6CC[C@H](C)CC6)CCCCC5)c(F)c4F)c(F)c3F)CCCCC2)CC1. The summed E-state index contributed by atoms with van der Waals surface area (Å²) in [5, 5.41) is 0. The van der Waals surface area contributed by atoms with Gasteiger partial charge in [0.1, 0.15) is 0 Å². The molecule has 1 nitrogen and oxygen atoms in total. The number of hydrogen-bond donors (Lipinski definition) is 0. The third-order valence-corrected chi connectivity index (χ3v) is 13.0. The Morgan fingerprint density at radius 1 is 0.511 bits per heavy atom. The number of benzene rings is 2. The van der Waals surface area contributed by atoms with E-state index in [4.69, 9.17) is 4.74 Å². The predicted octanol–water partition coefficient (Wildman–Crippen LogP) is 12.0. The molecular weight excluding hydrogens is 572 g/mol. The molecule has 0 N–H and O–H groups in total. The molecule has 0 atom stereocenters. The van der Waals surface area contributed by atoms with Crippen LogP contribution in [0, 0.1) is 46.9 Å². The molecule has 4 aliphatic carbocycles. The number of halogens is 4. The molecule has 2 aromatic carbocycles. The summed E-state index contributed by atoms with van der Waals surface area (Å²) < 4.78 is 68.7. The van der Waals surface area contributed by atoms with Gasteiger partial charge < -0.3 is 4.74 Å². The fourth-order valence-corrected chi connectivity index (χ4v) is 10.2. The van der Waals surface area contributed by atoms with Crippen molar-refractivity contribution in [1.82, 2.24) is 0 Å². The number of hydrogen-bond acceptors (Lipinski definition) is 1. The van der Waals surface area contributed by atoms with Gasteiger partial charge in [0.25, 0.3) is 0 Å². The van der Waals surface area contributed by atoms with Crippen molar-refractivity contribution in [2.75, 3.05) is 0 Å². The summed E-state index contributed by atoms with van der Waals surface area (Å²) in [5.41, 5.74) is 0.744. The Labute approximate surface area is 268 Å². The lowest BCUT2D eigenvalue weighted by atomic mass is 9.57. The van der Waals surface area contributed by atoms with E-state index in [0.717, 1.165) is 116 Å². The predicted molar refractivity (Wildman–Crippen MR) is 173 cm³/mol. The van der Waals surface area contributed by atoms with E-state index in [0.29, 0.717) is 34.8 Å². The van der Waals surface area contributed by atoms with E-state index in [2.05, 4.69) is 13.8 Å². The van der Waals surface area contributed by atoms with Crippen LogP contribution in [0.4, 0.5) is 17.6 Å². The number of rotatable bonds is 8. The molecule has 2 aromatic rings. The van der Waals surface area contributed by atoms with E-state index in [1.54, 1.807) is 24.3 Å².